The minimum Gasteiger partial charge on any atom is -0.497 e. The van der Waals surface area contributed by atoms with Crippen LogP contribution in [0, 0.1) is 0 Å². The monoisotopic (exact) mass is 403 g/mol. The molecule has 0 aliphatic carbocycles. The Bertz CT molecular complexity index is 978. The van der Waals surface area contributed by atoms with Crippen LogP contribution in [0.4, 0.5) is 0 Å². The number of benzene rings is 3. The number of carbonyl (C=O) groups is 1. The highest BCUT2D eigenvalue weighted by molar-refractivity contribution is 5.87. The van der Waals surface area contributed by atoms with E-state index in [1.165, 1.54) is 6.47 Å². The van der Waals surface area contributed by atoms with Gasteiger partial charge in [0.25, 0.3) is 5.60 Å². The topological polar surface area (TPSA) is 61.8 Å². The van der Waals surface area contributed by atoms with Crippen LogP contribution >= 0.6 is 0 Å². The molecule has 5 heteroatoms. The third-order valence-corrected chi connectivity index (χ3v) is 4.72. The van der Waals surface area contributed by atoms with E-state index in [0.717, 1.165) is 11.1 Å². The van der Waals surface area contributed by atoms with Gasteiger partial charge in [-0.3, -0.25) is 0 Å². The molecule has 1 atom stereocenters. The highest BCUT2D eigenvalue weighted by Gasteiger charge is 2.47. The molecule has 3 aromatic carbocycles. The maximum atomic E-state index is 13.2. The van der Waals surface area contributed by atoms with Gasteiger partial charge in [0.15, 0.2) is 0 Å². The summed E-state index contributed by atoms with van der Waals surface area (Å²) >= 11 is 0. The molecule has 0 spiro atoms. The molecule has 0 bridgehead atoms. The van der Waals surface area contributed by atoms with Gasteiger partial charge in [-0.1, -0.05) is 66.7 Å². The fraction of sp³-hybridized carbons (Fsp3) is 0.200. The third-order valence-electron chi connectivity index (χ3n) is 4.72. The second-order valence-corrected chi connectivity index (χ2v) is 6.99. The van der Waals surface area contributed by atoms with Crippen molar-refractivity contribution in [2.24, 2.45) is 0 Å². The standard InChI is InChI=1S/C25H23O5/c1-18(2)30-24(27)25(29-17-26,22-13-15-23(28-3)16-14-22)21-11-9-20(10-12-21)19-7-5-4-6-8-19/h4-16,18H,1-3H3. The minimum atomic E-state index is -1.78. The first-order chi connectivity index (χ1) is 14.5. The molecule has 0 N–H and O–H groups in total. The molecule has 0 saturated carbocycles. The van der Waals surface area contributed by atoms with E-state index in [-0.39, 0.29) is 0 Å². The van der Waals surface area contributed by atoms with Gasteiger partial charge in [-0.15, -0.1) is 0 Å². The second-order valence-electron chi connectivity index (χ2n) is 6.99. The van der Waals surface area contributed by atoms with E-state index in [4.69, 9.17) is 14.2 Å². The van der Waals surface area contributed by atoms with Crippen molar-refractivity contribution in [1.29, 1.82) is 0 Å². The summed E-state index contributed by atoms with van der Waals surface area (Å²) in [5.74, 6) is -0.0853. The first kappa shape index (κ1) is 21.1. The van der Waals surface area contributed by atoms with E-state index in [1.807, 2.05) is 42.5 Å². The largest absolute Gasteiger partial charge is 0.497 e. The van der Waals surface area contributed by atoms with Crippen LogP contribution in [0.5, 0.6) is 5.75 Å². The van der Waals surface area contributed by atoms with Crippen LogP contribution in [-0.2, 0) is 24.7 Å². The molecule has 5 nitrogen and oxygen atoms in total. The van der Waals surface area contributed by atoms with E-state index in [2.05, 4.69) is 0 Å². The molecule has 0 heterocycles. The smallest absolute Gasteiger partial charge is 0.419 e. The highest BCUT2D eigenvalue weighted by Crippen LogP contribution is 2.37. The van der Waals surface area contributed by atoms with Crippen LogP contribution < -0.4 is 4.74 Å². The zero-order valence-corrected chi connectivity index (χ0v) is 17.1. The number of carbonyl (C=O) groups excluding carboxylic acids is 2. The molecule has 1 radical (unpaired) electrons. The van der Waals surface area contributed by atoms with Crippen LogP contribution in [0.15, 0.2) is 78.9 Å². The van der Waals surface area contributed by atoms with Gasteiger partial charge in [-0.2, -0.15) is 0 Å². The fourth-order valence-electron chi connectivity index (χ4n) is 3.28. The Labute approximate surface area is 176 Å². The van der Waals surface area contributed by atoms with E-state index in [0.29, 0.717) is 16.9 Å². The van der Waals surface area contributed by atoms with Crippen molar-refractivity contribution in [2.45, 2.75) is 25.6 Å². The molecule has 0 aliphatic heterocycles. The van der Waals surface area contributed by atoms with Gasteiger partial charge in [-0.25, -0.2) is 9.59 Å². The average molecular weight is 403 g/mol. The van der Waals surface area contributed by atoms with Gasteiger partial charge < -0.3 is 14.2 Å². The molecule has 30 heavy (non-hydrogen) atoms. The molecule has 0 fully saturated rings. The number of ether oxygens (including phenoxy) is 3. The quantitative estimate of drug-likeness (QED) is 0.513. The Morgan fingerprint density at radius 1 is 0.833 bits per heavy atom. The second kappa shape index (κ2) is 9.27. The minimum absolute atomic E-state index is 0.394. The molecule has 3 rings (SSSR count). The third kappa shape index (κ3) is 4.20. The average Bonchev–Trinajstić information content (AvgIpc) is 2.78. The van der Waals surface area contributed by atoms with Crippen LogP contribution in [0.1, 0.15) is 25.0 Å². The van der Waals surface area contributed by atoms with Gasteiger partial charge >= 0.3 is 12.4 Å². The van der Waals surface area contributed by atoms with E-state index < -0.39 is 17.7 Å². The molecule has 153 valence electrons. The Kier molecular flexibility index (Phi) is 6.52. The van der Waals surface area contributed by atoms with Crippen molar-refractivity contribution in [3.63, 3.8) is 0 Å². The zero-order chi connectivity index (χ0) is 21.6. The maximum Gasteiger partial charge on any atom is 0.419 e. The first-order valence-electron chi connectivity index (χ1n) is 9.58. The first-order valence-corrected chi connectivity index (χ1v) is 9.58. The molecule has 0 aromatic heterocycles. The van der Waals surface area contributed by atoms with E-state index >= 15 is 0 Å². The number of hydrogen-bond acceptors (Lipinski definition) is 5. The Hall–Kier alpha value is -3.60. The number of hydrogen-bond donors (Lipinski definition) is 0. The molecule has 1 unspecified atom stereocenters. The van der Waals surface area contributed by atoms with Crippen molar-refractivity contribution in [2.75, 3.05) is 7.11 Å². The summed E-state index contributed by atoms with van der Waals surface area (Å²) in [5, 5.41) is 0. The van der Waals surface area contributed by atoms with Crippen LogP contribution in [0.3, 0.4) is 0 Å². The fourth-order valence-corrected chi connectivity index (χ4v) is 3.28. The number of rotatable bonds is 8. The van der Waals surface area contributed by atoms with Gasteiger partial charge in [0.2, 0.25) is 0 Å². The Morgan fingerprint density at radius 2 is 1.37 bits per heavy atom. The summed E-state index contributed by atoms with van der Waals surface area (Å²) < 4.78 is 16.0. The molecule has 0 aliphatic rings. The van der Waals surface area contributed by atoms with Crippen molar-refractivity contribution in [3.8, 4) is 16.9 Å². The molecular formula is C25H23O5. The van der Waals surface area contributed by atoms with Crippen molar-refractivity contribution in [1.82, 2.24) is 0 Å². The lowest BCUT2D eigenvalue weighted by molar-refractivity contribution is -0.164. The van der Waals surface area contributed by atoms with Gasteiger partial charge in [0.1, 0.15) is 5.75 Å². The zero-order valence-electron chi connectivity index (χ0n) is 17.1. The van der Waals surface area contributed by atoms with E-state index in [9.17, 15) is 9.59 Å². The summed E-state index contributed by atoms with van der Waals surface area (Å²) in [5.41, 5.74) is 1.11. The number of esters is 1. The summed E-state index contributed by atoms with van der Waals surface area (Å²) in [6.07, 6.45) is -0.394. The van der Waals surface area contributed by atoms with Crippen molar-refractivity contribution < 1.29 is 23.8 Å². The van der Waals surface area contributed by atoms with Crippen LogP contribution in [-0.4, -0.2) is 25.7 Å². The van der Waals surface area contributed by atoms with E-state index in [1.54, 1.807) is 57.4 Å². The van der Waals surface area contributed by atoms with Crippen molar-refractivity contribution >= 4 is 12.4 Å². The lowest BCUT2D eigenvalue weighted by atomic mass is 9.85. The van der Waals surface area contributed by atoms with Gasteiger partial charge in [0, 0.05) is 11.1 Å². The van der Waals surface area contributed by atoms with Crippen LogP contribution in [0.25, 0.3) is 11.1 Å². The Balaban J connectivity index is 2.13. The molecular weight excluding hydrogens is 380 g/mol. The Morgan fingerprint density at radius 3 is 1.87 bits per heavy atom. The lowest BCUT2D eigenvalue weighted by Gasteiger charge is -2.31. The molecule has 3 aromatic rings. The predicted octanol–water partition coefficient (Wildman–Crippen LogP) is 4.64. The normalized spacial score (nSPS) is 12.7. The maximum absolute atomic E-state index is 13.2. The SMILES string of the molecule is COc1ccc(C(O[C]=O)(C(=O)OC(C)C)c2ccc(-c3ccccc3)cc2)cc1. The van der Waals surface area contributed by atoms with Crippen molar-refractivity contribution in [3.05, 3.63) is 90.0 Å². The summed E-state index contributed by atoms with van der Waals surface area (Å²) in [7, 11) is 1.55. The lowest BCUT2D eigenvalue weighted by Crippen LogP contribution is -2.42. The summed E-state index contributed by atoms with van der Waals surface area (Å²) in [6.45, 7) is 4.92. The van der Waals surface area contributed by atoms with Crippen LogP contribution in [0.2, 0.25) is 0 Å². The number of methoxy groups -OCH3 is 1. The highest BCUT2D eigenvalue weighted by atomic mass is 16.6. The van der Waals surface area contributed by atoms with Gasteiger partial charge in [-0.05, 0) is 37.1 Å². The molecule has 0 saturated heterocycles. The summed E-state index contributed by atoms with van der Waals surface area (Å²) in [6, 6.07) is 23.8. The van der Waals surface area contributed by atoms with Gasteiger partial charge in [0.05, 0.1) is 13.2 Å². The molecule has 0 amide bonds. The summed E-state index contributed by atoms with van der Waals surface area (Å²) in [4.78, 5) is 24.6. The predicted molar refractivity (Wildman–Crippen MR) is 114 cm³/mol.